The minimum atomic E-state index is -1.72. The number of nitrogens with one attached hydrogen (secondary N) is 2. The fourth-order valence-electron chi connectivity index (χ4n) is 3.82. The Hall–Kier alpha value is -1.95. The van der Waals surface area contributed by atoms with Crippen LogP contribution in [0.4, 0.5) is 0 Å². The maximum Gasteiger partial charge on any atom is 0.332 e. The summed E-state index contributed by atoms with van der Waals surface area (Å²) in [5, 5.41) is 64.4. The van der Waals surface area contributed by atoms with Gasteiger partial charge in [0.2, 0.25) is 11.8 Å². The first kappa shape index (κ1) is 28.3. The van der Waals surface area contributed by atoms with Gasteiger partial charge in [0, 0.05) is 13.8 Å². The molecule has 2 rings (SSSR count). The Morgan fingerprint density at radius 1 is 0.882 bits per heavy atom. The average molecular weight is 496 g/mol. The zero-order valence-electron chi connectivity index (χ0n) is 18.8. The van der Waals surface area contributed by atoms with Crippen molar-refractivity contribution in [3.63, 3.8) is 0 Å². The second kappa shape index (κ2) is 12.1. The standard InChI is InChI=1S/C19H32N2O13/c1-6(17(28)29)31-16-12(21-8(3)25)18(30)32-10(5-23)15(16)34-19-11(20-7(2)24)14(27)13(26)9(4-22)33-19/h6,9-16,18-19,22-23,26-27,30H,4-5H2,1-3H3,(H,20,24)(H,21,25)(H,28,29)/t6?,9-,10-,11-,12-,13-,14-,15-,16-,18?,19+/m0/s1. The van der Waals surface area contributed by atoms with Gasteiger partial charge in [-0.05, 0) is 6.92 Å². The predicted molar refractivity (Wildman–Crippen MR) is 108 cm³/mol. The van der Waals surface area contributed by atoms with Gasteiger partial charge in [0.25, 0.3) is 0 Å². The van der Waals surface area contributed by atoms with Gasteiger partial charge in [-0.15, -0.1) is 0 Å². The Bertz CT molecular complexity index is 724. The Morgan fingerprint density at radius 3 is 1.94 bits per heavy atom. The average Bonchev–Trinajstić information content (AvgIpc) is 2.76. The highest BCUT2D eigenvalue weighted by molar-refractivity contribution is 5.74. The molecule has 0 aromatic carbocycles. The molecule has 2 aliphatic heterocycles. The number of hydrogen-bond donors (Lipinski definition) is 8. The molecule has 34 heavy (non-hydrogen) atoms. The summed E-state index contributed by atoms with van der Waals surface area (Å²) in [4.78, 5) is 34.8. The van der Waals surface area contributed by atoms with Crippen LogP contribution in [0, 0.1) is 0 Å². The summed E-state index contributed by atoms with van der Waals surface area (Å²) in [6, 6.07) is -2.71. The number of carboxylic acids is 1. The number of ether oxygens (including phenoxy) is 4. The summed E-state index contributed by atoms with van der Waals surface area (Å²) < 4.78 is 22.3. The summed E-state index contributed by atoms with van der Waals surface area (Å²) in [5.41, 5.74) is 0. The number of amides is 2. The van der Waals surface area contributed by atoms with Gasteiger partial charge in [0.05, 0.1) is 13.2 Å². The first-order valence-electron chi connectivity index (χ1n) is 10.6. The van der Waals surface area contributed by atoms with Crippen molar-refractivity contribution in [1.29, 1.82) is 0 Å². The molecule has 2 heterocycles. The predicted octanol–water partition coefficient (Wildman–Crippen LogP) is -4.61. The van der Waals surface area contributed by atoms with Gasteiger partial charge in [0.1, 0.15) is 48.7 Å². The van der Waals surface area contributed by atoms with E-state index in [1.54, 1.807) is 0 Å². The minimum Gasteiger partial charge on any atom is -0.479 e. The van der Waals surface area contributed by atoms with Crippen LogP contribution in [0.5, 0.6) is 0 Å². The van der Waals surface area contributed by atoms with Crippen molar-refractivity contribution in [3.8, 4) is 0 Å². The molecule has 2 saturated heterocycles. The van der Waals surface area contributed by atoms with Crippen LogP contribution in [0.3, 0.4) is 0 Å². The highest BCUT2D eigenvalue weighted by Gasteiger charge is 2.52. The normalized spacial score (nSPS) is 39.2. The Kier molecular flexibility index (Phi) is 10.1. The largest absolute Gasteiger partial charge is 0.479 e. The van der Waals surface area contributed by atoms with E-state index in [0.717, 1.165) is 13.8 Å². The molecule has 0 bridgehead atoms. The van der Waals surface area contributed by atoms with Gasteiger partial charge in [-0.3, -0.25) is 9.59 Å². The van der Waals surface area contributed by atoms with Crippen molar-refractivity contribution in [2.45, 2.75) is 88.2 Å². The lowest BCUT2D eigenvalue weighted by Crippen LogP contribution is -2.69. The Morgan fingerprint density at radius 2 is 1.44 bits per heavy atom. The van der Waals surface area contributed by atoms with E-state index >= 15 is 0 Å². The lowest BCUT2D eigenvalue weighted by Gasteiger charge is -2.48. The molecular formula is C19H32N2O13. The number of aliphatic carboxylic acids is 1. The molecule has 0 aromatic heterocycles. The van der Waals surface area contributed by atoms with E-state index in [1.807, 2.05) is 0 Å². The van der Waals surface area contributed by atoms with Gasteiger partial charge < -0.3 is 60.2 Å². The fraction of sp³-hybridized carbons (Fsp3) is 0.842. The van der Waals surface area contributed by atoms with Crippen LogP contribution >= 0.6 is 0 Å². The van der Waals surface area contributed by atoms with Crippen LogP contribution < -0.4 is 10.6 Å². The fourth-order valence-corrected chi connectivity index (χ4v) is 3.82. The summed E-state index contributed by atoms with van der Waals surface area (Å²) >= 11 is 0. The number of aliphatic hydroxyl groups excluding tert-OH is 5. The van der Waals surface area contributed by atoms with Gasteiger partial charge in [-0.1, -0.05) is 0 Å². The summed E-state index contributed by atoms with van der Waals surface area (Å²) in [6.07, 6.45) is -13.5. The number of rotatable bonds is 9. The number of carboxylic acid groups (broad SMARTS) is 1. The van der Waals surface area contributed by atoms with Crippen LogP contribution in [-0.2, 0) is 33.3 Å². The first-order valence-corrected chi connectivity index (χ1v) is 10.6. The van der Waals surface area contributed by atoms with E-state index in [-0.39, 0.29) is 0 Å². The van der Waals surface area contributed by atoms with E-state index in [2.05, 4.69) is 10.6 Å². The third-order valence-electron chi connectivity index (χ3n) is 5.47. The zero-order valence-corrected chi connectivity index (χ0v) is 18.8. The molecular weight excluding hydrogens is 464 g/mol. The summed E-state index contributed by atoms with van der Waals surface area (Å²) in [7, 11) is 0. The van der Waals surface area contributed by atoms with E-state index < -0.39 is 98.4 Å². The maximum absolute atomic E-state index is 11.7. The summed E-state index contributed by atoms with van der Waals surface area (Å²) in [6.45, 7) is 2.00. The maximum atomic E-state index is 11.7. The topological polar surface area (TPSA) is 234 Å². The Labute approximate surface area is 194 Å². The number of aliphatic hydroxyl groups is 5. The lowest BCUT2D eigenvalue weighted by molar-refractivity contribution is -0.333. The molecule has 2 aliphatic rings. The van der Waals surface area contributed by atoms with Crippen LogP contribution in [0.2, 0.25) is 0 Å². The van der Waals surface area contributed by atoms with Gasteiger partial charge >= 0.3 is 5.97 Å². The van der Waals surface area contributed by atoms with Crippen molar-refractivity contribution in [3.05, 3.63) is 0 Å². The second-order valence-electron chi connectivity index (χ2n) is 8.09. The van der Waals surface area contributed by atoms with Gasteiger partial charge in [0.15, 0.2) is 18.7 Å². The van der Waals surface area contributed by atoms with E-state index in [0.29, 0.717) is 0 Å². The number of hydrogen-bond acceptors (Lipinski definition) is 12. The molecule has 15 heteroatoms. The number of carbonyl (C=O) groups excluding carboxylic acids is 2. The van der Waals surface area contributed by atoms with E-state index in [1.165, 1.54) is 6.92 Å². The molecule has 8 N–H and O–H groups in total. The monoisotopic (exact) mass is 496 g/mol. The van der Waals surface area contributed by atoms with Crippen LogP contribution in [0.15, 0.2) is 0 Å². The molecule has 2 fully saturated rings. The highest BCUT2D eigenvalue weighted by atomic mass is 16.7. The molecule has 15 nitrogen and oxygen atoms in total. The zero-order chi connectivity index (χ0) is 25.7. The molecule has 0 radical (unpaired) electrons. The Balaban J connectivity index is 2.44. The molecule has 196 valence electrons. The smallest absolute Gasteiger partial charge is 0.332 e. The van der Waals surface area contributed by atoms with Crippen LogP contribution in [0.25, 0.3) is 0 Å². The SMILES string of the molecule is CC(=O)N[C@@H]1[C@@H](O[C@@H]2[C@@H](OC(C)C(=O)O)[C@H](NC(C)=O)C(O)O[C@H]2CO)O[C@@H](CO)[C@H](O)[C@H]1O. The van der Waals surface area contributed by atoms with Gasteiger partial charge in [-0.2, -0.15) is 0 Å². The number of carbonyl (C=O) groups is 3. The first-order chi connectivity index (χ1) is 15.9. The van der Waals surface area contributed by atoms with Crippen molar-refractivity contribution < 1.29 is 64.0 Å². The van der Waals surface area contributed by atoms with Crippen molar-refractivity contribution >= 4 is 17.8 Å². The van der Waals surface area contributed by atoms with Crippen LogP contribution in [-0.4, -0.2) is 129 Å². The molecule has 2 unspecified atom stereocenters. The second-order valence-corrected chi connectivity index (χ2v) is 8.09. The highest BCUT2D eigenvalue weighted by Crippen LogP contribution is 2.30. The summed E-state index contributed by atoms with van der Waals surface area (Å²) in [5.74, 6) is -2.60. The van der Waals surface area contributed by atoms with Crippen molar-refractivity contribution in [2.75, 3.05) is 13.2 Å². The van der Waals surface area contributed by atoms with E-state index in [9.17, 15) is 45.0 Å². The molecule has 2 amide bonds. The molecule has 0 aliphatic carbocycles. The third kappa shape index (κ3) is 6.59. The molecule has 0 aromatic rings. The molecule has 0 spiro atoms. The van der Waals surface area contributed by atoms with Crippen molar-refractivity contribution in [1.82, 2.24) is 10.6 Å². The van der Waals surface area contributed by atoms with Gasteiger partial charge in [-0.25, -0.2) is 4.79 Å². The third-order valence-corrected chi connectivity index (χ3v) is 5.47. The lowest BCUT2D eigenvalue weighted by atomic mass is 9.94. The quantitative estimate of drug-likeness (QED) is 0.150. The van der Waals surface area contributed by atoms with Crippen LogP contribution in [0.1, 0.15) is 20.8 Å². The van der Waals surface area contributed by atoms with E-state index in [4.69, 9.17) is 18.9 Å². The van der Waals surface area contributed by atoms with Crippen molar-refractivity contribution in [2.24, 2.45) is 0 Å². The minimum absolute atomic E-state index is 0.616. The molecule has 0 saturated carbocycles. The molecule has 11 atom stereocenters.